The molecule has 4 atom stereocenters. The van der Waals surface area contributed by atoms with Gasteiger partial charge in [-0.3, -0.25) is 19.3 Å². The van der Waals surface area contributed by atoms with E-state index in [4.69, 9.17) is 0 Å². The second-order valence-corrected chi connectivity index (χ2v) is 13.4. The fourth-order valence-electron chi connectivity index (χ4n) is 7.71. The highest BCUT2D eigenvalue weighted by atomic mass is 19.1. The van der Waals surface area contributed by atoms with Crippen molar-refractivity contribution in [2.75, 3.05) is 0 Å². The van der Waals surface area contributed by atoms with E-state index in [1.165, 1.54) is 17.0 Å². The van der Waals surface area contributed by atoms with Gasteiger partial charge in [0.1, 0.15) is 5.82 Å². The van der Waals surface area contributed by atoms with Gasteiger partial charge in [0, 0.05) is 17.0 Å². The van der Waals surface area contributed by atoms with E-state index in [9.17, 15) is 18.8 Å². The molecule has 1 heterocycles. The normalized spacial score (nSPS) is 24.9. The molecule has 40 heavy (non-hydrogen) atoms. The highest BCUT2D eigenvalue weighted by Gasteiger charge is 2.71. The Bertz CT molecular complexity index is 1430. The number of carbonyl (C=O) groups is 3. The van der Waals surface area contributed by atoms with Crippen molar-refractivity contribution in [2.45, 2.75) is 65.3 Å². The van der Waals surface area contributed by atoms with Gasteiger partial charge in [0.2, 0.25) is 11.8 Å². The van der Waals surface area contributed by atoms with Crippen LogP contribution < -0.4 is 0 Å². The molecular weight excluding hydrogens is 501 g/mol. The zero-order valence-electron chi connectivity index (χ0n) is 24.0. The second kappa shape index (κ2) is 10.1. The van der Waals surface area contributed by atoms with E-state index in [1.807, 2.05) is 62.4 Å². The largest absolute Gasteiger partial charge is 0.294 e. The van der Waals surface area contributed by atoms with Crippen molar-refractivity contribution in [3.05, 3.63) is 107 Å². The second-order valence-electron chi connectivity index (χ2n) is 13.4. The minimum atomic E-state index is -1.33. The molecule has 3 aromatic carbocycles. The fourth-order valence-corrected chi connectivity index (χ4v) is 7.71. The SMILES string of the molecule is CC(C)(C)CC(C)(C)N1C(=O)[C@H]2C[C@H](c3ccccc3)[C@@H](C(=O)c3ccccc3)[C@@]2(Cc2cccc(F)c2)C1=O. The Balaban J connectivity index is 1.72. The molecule has 3 aromatic rings. The fraction of sp³-hybridized carbons (Fsp3) is 0.400. The predicted molar refractivity (Wildman–Crippen MR) is 154 cm³/mol. The smallest absolute Gasteiger partial charge is 0.237 e. The van der Waals surface area contributed by atoms with Crippen LogP contribution in [-0.4, -0.2) is 28.0 Å². The zero-order valence-corrected chi connectivity index (χ0v) is 24.0. The van der Waals surface area contributed by atoms with Gasteiger partial charge in [0.15, 0.2) is 5.78 Å². The van der Waals surface area contributed by atoms with Gasteiger partial charge in [-0.05, 0) is 67.7 Å². The molecule has 5 heteroatoms. The first kappa shape index (κ1) is 27.9. The summed E-state index contributed by atoms with van der Waals surface area (Å²) in [6.07, 6.45) is 1.11. The van der Waals surface area contributed by atoms with Gasteiger partial charge in [-0.15, -0.1) is 0 Å². The molecule has 0 N–H and O–H groups in total. The number of rotatable bonds is 7. The van der Waals surface area contributed by atoms with Gasteiger partial charge in [0.25, 0.3) is 0 Å². The Morgan fingerprint density at radius 3 is 2.12 bits per heavy atom. The lowest BCUT2D eigenvalue weighted by Gasteiger charge is -2.41. The van der Waals surface area contributed by atoms with Gasteiger partial charge in [-0.1, -0.05) is 93.6 Å². The van der Waals surface area contributed by atoms with Gasteiger partial charge in [-0.2, -0.15) is 0 Å². The van der Waals surface area contributed by atoms with E-state index in [1.54, 1.807) is 24.3 Å². The van der Waals surface area contributed by atoms with Crippen molar-refractivity contribution in [3.63, 3.8) is 0 Å². The number of fused-ring (bicyclic) bond motifs is 1. The molecule has 2 amide bonds. The third-order valence-electron chi connectivity index (χ3n) is 8.71. The van der Waals surface area contributed by atoms with Crippen LogP contribution in [-0.2, 0) is 16.0 Å². The first-order valence-electron chi connectivity index (χ1n) is 14.1. The summed E-state index contributed by atoms with van der Waals surface area (Å²) >= 11 is 0. The van der Waals surface area contributed by atoms with Crippen LogP contribution in [0.1, 0.15) is 74.9 Å². The molecule has 208 valence electrons. The number of likely N-dealkylation sites (tertiary alicyclic amines) is 1. The molecule has 4 nitrogen and oxygen atoms in total. The lowest BCUT2D eigenvalue weighted by atomic mass is 9.65. The number of hydrogen-bond acceptors (Lipinski definition) is 3. The van der Waals surface area contributed by atoms with Crippen molar-refractivity contribution in [3.8, 4) is 0 Å². The topological polar surface area (TPSA) is 54.5 Å². The highest BCUT2D eigenvalue weighted by molar-refractivity contribution is 6.13. The Morgan fingerprint density at radius 1 is 0.900 bits per heavy atom. The first-order valence-corrected chi connectivity index (χ1v) is 14.1. The highest BCUT2D eigenvalue weighted by Crippen LogP contribution is 2.63. The average Bonchev–Trinajstić information content (AvgIpc) is 3.33. The third kappa shape index (κ3) is 4.80. The molecule has 0 spiro atoms. The summed E-state index contributed by atoms with van der Waals surface area (Å²) < 4.78 is 14.4. The summed E-state index contributed by atoms with van der Waals surface area (Å²) in [5.41, 5.74) is -0.155. The number of carbonyl (C=O) groups excluding carboxylic acids is 3. The molecule has 0 bridgehead atoms. The van der Waals surface area contributed by atoms with Crippen LogP contribution in [0.4, 0.5) is 4.39 Å². The third-order valence-corrected chi connectivity index (χ3v) is 8.71. The number of halogens is 1. The molecular formula is C35H38FNO3. The van der Waals surface area contributed by atoms with Crippen LogP contribution in [0.3, 0.4) is 0 Å². The molecule has 1 saturated carbocycles. The van der Waals surface area contributed by atoms with Crippen molar-refractivity contribution in [2.24, 2.45) is 22.7 Å². The van der Waals surface area contributed by atoms with Crippen LogP contribution in [0, 0.1) is 28.5 Å². The number of benzene rings is 3. The van der Waals surface area contributed by atoms with Gasteiger partial charge < -0.3 is 0 Å². The quantitative estimate of drug-likeness (QED) is 0.235. The first-order chi connectivity index (χ1) is 18.8. The summed E-state index contributed by atoms with van der Waals surface area (Å²) in [7, 11) is 0. The molecule has 5 rings (SSSR count). The van der Waals surface area contributed by atoms with Gasteiger partial charge >= 0.3 is 0 Å². The van der Waals surface area contributed by atoms with Crippen molar-refractivity contribution < 1.29 is 18.8 Å². The lowest BCUT2D eigenvalue weighted by molar-refractivity contribution is -0.150. The monoisotopic (exact) mass is 539 g/mol. The van der Waals surface area contributed by atoms with E-state index >= 15 is 0 Å². The van der Waals surface area contributed by atoms with Crippen LogP contribution in [0.2, 0.25) is 0 Å². The van der Waals surface area contributed by atoms with E-state index in [2.05, 4.69) is 20.8 Å². The maximum absolute atomic E-state index is 14.9. The van der Waals surface area contributed by atoms with Crippen LogP contribution in [0.15, 0.2) is 84.9 Å². The van der Waals surface area contributed by atoms with E-state index < -0.39 is 28.6 Å². The molecule has 2 aliphatic rings. The zero-order chi connectivity index (χ0) is 28.9. The number of amides is 2. The molecule has 1 saturated heterocycles. The number of hydrogen-bond donors (Lipinski definition) is 0. The molecule has 0 radical (unpaired) electrons. The van der Waals surface area contributed by atoms with Crippen LogP contribution in [0.5, 0.6) is 0 Å². The minimum Gasteiger partial charge on any atom is -0.294 e. The summed E-state index contributed by atoms with van der Waals surface area (Å²) in [6.45, 7) is 10.2. The predicted octanol–water partition coefficient (Wildman–Crippen LogP) is 7.24. The van der Waals surface area contributed by atoms with E-state index in [0.717, 1.165) is 5.56 Å². The summed E-state index contributed by atoms with van der Waals surface area (Å²) in [6, 6.07) is 25.0. The maximum atomic E-state index is 14.9. The average molecular weight is 540 g/mol. The van der Waals surface area contributed by atoms with E-state index in [0.29, 0.717) is 24.0 Å². The standard InChI is InChI=1S/C35H38FNO3/c1-33(2,3)22-34(4,5)37-31(39)28-20-27(24-14-8-6-9-15-24)29(30(38)25-16-10-7-11-17-25)35(28,32(37)40)21-23-13-12-18-26(36)19-23/h6-19,27-29H,20-22H2,1-5H3/t27-,28-,29+,35+/m1/s1. The maximum Gasteiger partial charge on any atom is 0.237 e. The van der Waals surface area contributed by atoms with E-state index in [-0.39, 0.29) is 35.4 Å². The molecule has 0 unspecified atom stereocenters. The molecule has 1 aliphatic carbocycles. The Hall–Kier alpha value is -3.60. The van der Waals surface area contributed by atoms with Gasteiger partial charge in [0.05, 0.1) is 11.3 Å². The Labute approximate surface area is 236 Å². The molecule has 0 aromatic heterocycles. The Kier molecular flexibility index (Phi) is 7.06. The number of Topliss-reactive ketones (excluding diaryl/α,β-unsaturated/α-hetero) is 1. The number of nitrogens with zero attached hydrogens (tertiary/aromatic N) is 1. The molecule has 2 fully saturated rings. The summed E-state index contributed by atoms with van der Waals surface area (Å²) in [5.74, 6) is -2.88. The van der Waals surface area contributed by atoms with Crippen LogP contribution >= 0.6 is 0 Å². The summed E-state index contributed by atoms with van der Waals surface area (Å²) in [4.78, 5) is 45.3. The molecule has 1 aliphatic heterocycles. The number of ketones is 1. The lowest BCUT2D eigenvalue weighted by Crippen LogP contribution is -2.53. The minimum absolute atomic E-state index is 0.120. The Morgan fingerprint density at radius 2 is 1.52 bits per heavy atom. The van der Waals surface area contributed by atoms with Crippen LogP contribution in [0.25, 0.3) is 0 Å². The van der Waals surface area contributed by atoms with Crippen molar-refractivity contribution in [1.82, 2.24) is 4.90 Å². The van der Waals surface area contributed by atoms with Crippen molar-refractivity contribution >= 4 is 17.6 Å². The van der Waals surface area contributed by atoms with Crippen molar-refractivity contribution in [1.29, 1.82) is 0 Å². The number of imide groups is 1. The summed E-state index contributed by atoms with van der Waals surface area (Å²) in [5, 5.41) is 0. The van der Waals surface area contributed by atoms with Gasteiger partial charge in [-0.25, -0.2) is 4.39 Å².